The van der Waals surface area contributed by atoms with Crippen molar-refractivity contribution in [1.29, 1.82) is 0 Å². The van der Waals surface area contributed by atoms with E-state index in [0.29, 0.717) is 24.7 Å². The number of aromatic nitrogens is 3. The number of nitrogens with zero attached hydrogens (tertiary/aromatic N) is 3. The summed E-state index contributed by atoms with van der Waals surface area (Å²) >= 11 is 4.27. The minimum atomic E-state index is -0.926. The van der Waals surface area contributed by atoms with Crippen LogP contribution in [0.1, 0.15) is 46.5 Å². The monoisotopic (exact) mass is 381 g/mol. The first kappa shape index (κ1) is 20.7. The van der Waals surface area contributed by atoms with E-state index >= 15 is 0 Å². The van der Waals surface area contributed by atoms with Crippen LogP contribution < -0.4 is 4.74 Å². The molecule has 1 N–H and O–H groups in total. The Bertz CT molecular complexity index is 702. The van der Waals surface area contributed by atoms with Gasteiger partial charge in [0, 0.05) is 0 Å². The first-order chi connectivity index (χ1) is 12.2. The molecule has 2 aromatic rings. The molecule has 1 heterocycles. The Morgan fingerprint density at radius 3 is 2.54 bits per heavy atom. The maximum absolute atomic E-state index is 13.5. The summed E-state index contributed by atoms with van der Waals surface area (Å²) in [7, 11) is 0. The van der Waals surface area contributed by atoms with Crippen LogP contribution in [0.5, 0.6) is 5.75 Å². The summed E-state index contributed by atoms with van der Waals surface area (Å²) < 4.78 is 20.6. The maximum atomic E-state index is 13.5. The zero-order valence-electron chi connectivity index (χ0n) is 15.7. The third-order valence-electron chi connectivity index (χ3n) is 4.73. The molecule has 0 saturated carbocycles. The highest BCUT2D eigenvalue weighted by Crippen LogP contribution is 2.36. The Kier molecular flexibility index (Phi) is 7.06. The smallest absolute Gasteiger partial charge is 0.183 e. The van der Waals surface area contributed by atoms with E-state index in [1.807, 2.05) is 20.8 Å². The molecule has 7 heteroatoms. The van der Waals surface area contributed by atoms with Gasteiger partial charge >= 0.3 is 0 Å². The van der Waals surface area contributed by atoms with Gasteiger partial charge in [0.2, 0.25) is 0 Å². The van der Waals surface area contributed by atoms with Crippen molar-refractivity contribution in [2.75, 3.05) is 6.61 Å². The zero-order chi connectivity index (χ0) is 19.2. The number of hydrogen-bond donors (Lipinski definition) is 2. The molecule has 0 amide bonds. The lowest BCUT2D eigenvalue weighted by Crippen LogP contribution is -2.46. The van der Waals surface area contributed by atoms with Crippen LogP contribution in [0.15, 0.2) is 35.7 Å². The summed E-state index contributed by atoms with van der Waals surface area (Å²) in [4.78, 5) is 4.00. The van der Waals surface area contributed by atoms with Gasteiger partial charge in [0.05, 0.1) is 18.8 Å². The molecule has 1 aromatic heterocycles. The number of halogens is 1. The van der Waals surface area contributed by atoms with Gasteiger partial charge in [-0.2, -0.15) is 5.10 Å². The summed E-state index contributed by atoms with van der Waals surface area (Å²) in [6.45, 7) is 6.86. The van der Waals surface area contributed by atoms with Crippen molar-refractivity contribution in [3.63, 3.8) is 0 Å². The Morgan fingerprint density at radius 1 is 1.19 bits per heavy atom. The van der Waals surface area contributed by atoms with Crippen LogP contribution in [-0.4, -0.2) is 32.1 Å². The minimum Gasteiger partial charge on any atom is -0.491 e. The highest BCUT2D eigenvalue weighted by atomic mass is 32.1. The number of benzene rings is 1. The van der Waals surface area contributed by atoms with Crippen LogP contribution in [0.2, 0.25) is 0 Å². The van der Waals surface area contributed by atoms with Gasteiger partial charge in [-0.15, -0.1) is 12.6 Å². The quantitative estimate of drug-likeness (QED) is 0.507. The molecule has 144 valence electrons. The molecular weight excluding hydrogens is 353 g/mol. The standard InChI is InChI=1S/C19H28FN3O2S/c1-18(2,3)19(24,13-23-17(26)21-14-22-23)11-7-4-8-12-25-16-10-6-5-9-15(16)20/h5-6,9-10,14,24H,4,7-8,11-13H2,1-3H3,(H,21,22,26). The molecule has 0 spiro atoms. The number of para-hydroxylation sites is 1. The predicted octanol–water partition coefficient (Wildman–Crippen LogP) is 4.12. The number of thiol groups is 1. The van der Waals surface area contributed by atoms with Crippen LogP contribution in [0.25, 0.3) is 0 Å². The largest absolute Gasteiger partial charge is 0.491 e. The fourth-order valence-corrected chi connectivity index (χ4v) is 2.92. The lowest BCUT2D eigenvalue weighted by Gasteiger charge is -2.40. The summed E-state index contributed by atoms with van der Waals surface area (Å²) in [5.41, 5.74) is -1.24. The molecule has 1 atom stereocenters. The fourth-order valence-electron chi connectivity index (χ4n) is 2.75. The molecule has 0 fully saturated rings. The minimum absolute atomic E-state index is 0.284. The molecule has 0 aliphatic heterocycles. The van der Waals surface area contributed by atoms with Crippen molar-refractivity contribution in [3.05, 3.63) is 36.4 Å². The topological polar surface area (TPSA) is 60.2 Å². The lowest BCUT2D eigenvalue weighted by molar-refractivity contribution is -0.0831. The third-order valence-corrected chi connectivity index (χ3v) is 5.08. The molecule has 0 aliphatic rings. The van der Waals surface area contributed by atoms with Gasteiger partial charge in [-0.3, -0.25) is 0 Å². The van der Waals surface area contributed by atoms with Crippen LogP contribution >= 0.6 is 12.6 Å². The van der Waals surface area contributed by atoms with Gasteiger partial charge < -0.3 is 9.84 Å². The number of rotatable bonds is 9. The van der Waals surface area contributed by atoms with E-state index in [9.17, 15) is 9.50 Å². The van der Waals surface area contributed by atoms with Gasteiger partial charge in [-0.05, 0) is 36.8 Å². The Balaban J connectivity index is 1.80. The second kappa shape index (κ2) is 8.86. The van der Waals surface area contributed by atoms with E-state index in [1.54, 1.807) is 22.9 Å². The average molecular weight is 382 g/mol. The molecule has 2 rings (SSSR count). The second-order valence-electron chi connectivity index (χ2n) is 7.59. The molecule has 26 heavy (non-hydrogen) atoms. The van der Waals surface area contributed by atoms with Crippen LogP contribution in [0.4, 0.5) is 4.39 Å². The van der Waals surface area contributed by atoms with Gasteiger partial charge in [-0.25, -0.2) is 14.1 Å². The molecule has 0 saturated heterocycles. The van der Waals surface area contributed by atoms with E-state index in [2.05, 4.69) is 22.7 Å². The van der Waals surface area contributed by atoms with Gasteiger partial charge in [0.1, 0.15) is 6.33 Å². The second-order valence-corrected chi connectivity index (χ2v) is 7.99. The molecule has 0 radical (unpaired) electrons. The van der Waals surface area contributed by atoms with E-state index in [0.717, 1.165) is 19.3 Å². The maximum Gasteiger partial charge on any atom is 0.183 e. The molecule has 1 aromatic carbocycles. The Labute approximate surface area is 160 Å². The number of unbranched alkanes of at least 4 members (excludes halogenated alkanes) is 2. The van der Waals surface area contributed by atoms with E-state index in [4.69, 9.17) is 4.74 Å². The summed E-state index contributed by atoms with van der Waals surface area (Å²) in [5.74, 6) is -0.0591. The van der Waals surface area contributed by atoms with Crippen LogP contribution in [-0.2, 0) is 6.54 Å². The summed E-state index contributed by atoms with van der Waals surface area (Å²) in [6.07, 6.45) is 4.59. The van der Waals surface area contributed by atoms with Crippen LogP contribution in [0, 0.1) is 11.2 Å². The first-order valence-corrected chi connectivity index (χ1v) is 9.34. The van der Waals surface area contributed by atoms with Crippen molar-refractivity contribution >= 4 is 12.6 Å². The Hall–Kier alpha value is -1.60. The predicted molar refractivity (Wildman–Crippen MR) is 102 cm³/mol. The van der Waals surface area contributed by atoms with Crippen LogP contribution in [0.3, 0.4) is 0 Å². The molecule has 0 bridgehead atoms. The number of aliphatic hydroxyl groups is 1. The summed E-state index contributed by atoms with van der Waals surface area (Å²) in [5, 5.41) is 15.8. The molecular formula is C19H28FN3O2S. The van der Waals surface area contributed by atoms with Gasteiger partial charge in [0.25, 0.3) is 0 Å². The lowest BCUT2D eigenvalue weighted by atomic mass is 9.73. The van der Waals surface area contributed by atoms with E-state index in [-0.39, 0.29) is 17.0 Å². The van der Waals surface area contributed by atoms with Crippen molar-refractivity contribution in [2.24, 2.45) is 5.41 Å². The fraction of sp³-hybridized carbons (Fsp3) is 0.579. The van der Waals surface area contributed by atoms with Crippen molar-refractivity contribution in [1.82, 2.24) is 14.8 Å². The number of ether oxygens (including phenoxy) is 1. The highest BCUT2D eigenvalue weighted by molar-refractivity contribution is 7.80. The van der Waals surface area contributed by atoms with E-state index < -0.39 is 5.60 Å². The normalized spacial score (nSPS) is 14.2. The average Bonchev–Trinajstić information content (AvgIpc) is 2.96. The van der Waals surface area contributed by atoms with Gasteiger partial charge in [-0.1, -0.05) is 39.3 Å². The highest BCUT2D eigenvalue weighted by Gasteiger charge is 2.40. The SMILES string of the molecule is CC(C)(C)C(O)(CCCCCOc1ccccc1F)Cn1ncnc1S. The first-order valence-electron chi connectivity index (χ1n) is 8.89. The molecule has 1 unspecified atom stereocenters. The van der Waals surface area contributed by atoms with Gasteiger partial charge in [0.15, 0.2) is 16.7 Å². The third kappa shape index (κ3) is 5.45. The molecule has 0 aliphatic carbocycles. The number of hydrogen-bond acceptors (Lipinski definition) is 5. The van der Waals surface area contributed by atoms with E-state index in [1.165, 1.54) is 12.4 Å². The molecule has 5 nitrogen and oxygen atoms in total. The Morgan fingerprint density at radius 2 is 1.92 bits per heavy atom. The van der Waals surface area contributed by atoms with Crippen molar-refractivity contribution < 1.29 is 14.2 Å². The zero-order valence-corrected chi connectivity index (χ0v) is 16.5. The van der Waals surface area contributed by atoms with Crippen molar-refractivity contribution in [2.45, 2.75) is 63.8 Å². The summed E-state index contributed by atoms with van der Waals surface area (Å²) in [6, 6.07) is 6.40. The van der Waals surface area contributed by atoms with Crippen molar-refractivity contribution in [3.8, 4) is 5.75 Å².